The van der Waals surface area contributed by atoms with E-state index in [4.69, 9.17) is 14.2 Å². The number of rotatable bonds is 5. The number of nitrogens with zero attached hydrogens (tertiary/aromatic N) is 1. The summed E-state index contributed by atoms with van der Waals surface area (Å²) >= 11 is 0. The number of morpholine rings is 1. The van der Waals surface area contributed by atoms with Crippen LogP contribution in [0.4, 0.5) is 0 Å². The molecule has 19 heavy (non-hydrogen) atoms. The normalized spacial score (nSPS) is 21.9. The van der Waals surface area contributed by atoms with Crippen molar-refractivity contribution in [2.45, 2.75) is 32.5 Å². The molecule has 2 rings (SSSR count). The largest absolute Gasteiger partial charge is 0.478 e. The first-order valence-corrected chi connectivity index (χ1v) is 6.70. The molecule has 1 aromatic heterocycles. The van der Waals surface area contributed by atoms with Crippen LogP contribution in [0.25, 0.3) is 0 Å². The standard InChI is InChI=1S/C14H22N2O3/c1-4-17-12-6-5-7-13(16-12)18-9-11-8-15-10-14(2,3)19-11/h5-7,11,15H,4,8-10H2,1-3H3. The van der Waals surface area contributed by atoms with E-state index in [1.165, 1.54) is 0 Å². The lowest BCUT2D eigenvalue weighted by molar-refractivity contribution is -0.107. The van der Waals surface area contributed by atoms with Crippen molar-refractivity contribution < 1.29 is 14.2 Å². The molecule has 0 radical (unpaired) electrons. The van der Waals surface area contributed by atoms with Crippen LogP contribution >= 0.6 is 0 Å². The molecule has 0 bridgehead atoms. The number of aromatic nitrogens is 1. The third-order valence-electron chi connectivity index (χ3n) is 2.82. The van der Waals surface area contributed by atoms with Gasteiger partial charge >= 0.3 is 0 Å². The van der Waals surface area contributed by atoms with Gasteiger partial charge in [-0.2, -0.15) is 4.98 Å². The van der Waals surface area contributed by atoms with E-state index < -0.39 is 0 Å². The van der Waals surface area contributed by atoms with Gasteiger partial charge in [0.25, 0.3) is 0 Å². The summed E-state index contributed by atoms with van der Waals surface area (Å²) in [5, 5.41) is 3.34. The Labute approximate surface area is 114 Å². The number of nitrogens with one attached hydrogen (secondary N) is 1. The second kappa shape index (κ2) is 6.21. The Morgan fingerprint density at radius 1 is 1.37 bits per heavy atom. The lowest BCUT2D eigenvalue weighted by atomic mass is 10.1. The van der Waals surface area contributed by atoms with Gasteiger partial charge in [0.15, 0.2) is 0 Å². The van der Waals surface area contributed by atoms with Crippen LogP contribution in [-0.4, -0.2) is 43.0 Å². The van der Waals surface area contributed by atoms with E-state index >= 15 is 0 Å². The van der Waals surface area contributed by atoms with Crippen LogP contribution in [0.3, 0.4) is 0 Å². The molecular formula is C14H22N2O3. The third-order valence-corrected chi connectivity index (χ3v) is 2.82. The number of ether oxygens (including phenoxy) is 3. The van der Waals surface area contributed by atoms with Crippen molar-refractivity contribution in [2.75, 3.05) is 26.3 Å². The number of pyridine rings is 1. The Morgan fingerprint density at radius 2 is 2.11 bits per heavy atom. The van der Waals surface area contributed by atoms with Crippen molar-refractivity contribution in [3.8, 4) is 11.8 Å². The molecule has 106 valence electrons. The van der Waals surface area contributed by atoms with Gasteiger partial charge in [-0.05, 0) is 20.8 Å². The lowest BCUT2D eigenvalue weighted by Crippen LogP contribution is -2.52. The second-order valence-electron chi connectivity index (χ2n) is 5.19. The minimum atomic E-state index is -0.146. The average Bonchev–Trinajstić information content (AvgIpc) is 2.36. The van der Waals surface area contributed by atoms with E-state index in [-0.39, 0.29) is 11.7 Å². The van der Waals surface area contributed by atoms with Gasteiger partial charge in [-0.15, -0.1) is 0 Å². The van der Waals surface area contributed by atoms with Crippen LogP contribution < -0.4 is 14.8 Å². The quantitative estimate of drug-likeness (QED) is 0.878. The van der Waals surface area contributed by atoms with E-state index in [0.29, 0.717) is 25.0 Å². The summed E-state index contributed by atoms with van der Waals surface area (Å²) in [6.07, 6.45) is 0.0429. The highest BCUT2D eigenvalue weighted by Crippen LogP contribution is 2.17. The predicted octanol–water partition coefficient (Wildman–Crippen LogP) is 1.63. The maximum Gasteiger partial charge on any atom is 0.216 e. The van der Waals surface area contributed by atoms with Crippen LogP contribution in [0, 0.1) is 0 Å². The van der Waals surface area contributed by atoms with Crippen LogP contribution in [0.2, 0.25) is 0 Å². The highest BCUT2D eigenvalue weighted by Gasteiger charge is 2.28. The summed E-state index contributed by atoms with van der Waals surface area (Å²) in [5.41, 5.74) is -0.146. The van der Waals surface area contributed by atoms with Crippen LogP contribution in [-0.2, 0) is 4.74 Å². The smallest absolute Gasteiger partial charge is 0.216 e. The molecule has 1 aliphatic heterocycles. The van der Waals surface area contributed by atoms with Crippen molar-refractivity contribution in [3.05, 3.63) is 18.2 Å². The highest BCUT2D eigenvalue weighted by molar-refractivity contribution is 5.19. The molecule has 5 nitrogen and oxygen atoms in total. The first-order chi connectivity index (χ1) is 9.09. The van der Waals surface area contributed by atoms with Gasteiger partial charge < -0.3 is 19.5 Å². The highest BCUT2D eigenvalue weighted by atomic mass is 16.6. The summed E-state index contributed by atoms with van der Waals surface area (Å²) in [7, 11) is 0. The van der Waals surface area contributed by atoms with E-state index in [0.717, 1.165) is 13.1 Å². The first-order valence-electron chi connectivity index (χ1n) is 6.70. The zero-order chi connectivity index (χ0) is 13.7. The zero-order valence-electron chi connectivity index (χ0n) is 11.8. The Kier molecular flexibility index (Phi) is 4.61. The maximum atomic E-state index is 5.93. The molecule has 5 heteroatoms. The predicted molar refractivity (Wildman–Crippen MR) is 72.7 cm³/mol. The summed E-state index contributed by atoms with van der Waals surface area (Å²) in [4.78, 5) is 4.26. The number of hydrogen-bond acceptors (Lipinski definition) is 5. The fourth-order valence-corrected chi connectivity index (χ4v) is 2.04. The molecule has 1 unspecified atom stereocenters. The second-order valence-corrected chi connectivity index (χ2v) is 5.19. The van der Waals surface area contributed by atoms with Gasteiger partial charge in [0.1, 0.15) is 12.7 Å². The van der Waals surface area contributed by atoms with Gasteiger partial charge in [0.2, 0.25) is 11.8 Å². The molecule has 0 aromatic carbocycles. The van der Waals surface area contributed by atoms with Gasteiger partial charge in [-0.3, -0.25) is 0 Å². The zero-order valence-corrected chi connectivity index (χ0v) is 11.8. The topological polar surface area (TPSA) is 52.6 Å². The first kappa shape index (κ1) is 14.1. The summed E-state index contributed by atoms with van der Waals surface area (Å²) in [6.45, 7) is 8.81. The van der Waals surface area contributed by atoms with Crippen LogP contribution in [0.15, 0.2) is 18.2 Å². The lowest BCUT2D eigenvalue weighted by Gasteiger charge is -2.36. The Bertz CT molecular complexity index is 409. The summed E-state index contributed by atoms with van der Waals surface area (Å²) in [5.74, 6) is 1.15. The van der Waals surface area contributed by atoms with Crippen molar-refractivity contribution in [1.29, 1.82) is 0 Å². The summed E-state index contributed by atoms with van der Waals surface area (Å²) in [6, 6.07) is 5.51. The molecule has 0 aliphatic carbocycles. The molecule has 1 saturated heterocycles. The van der Waals surface area contributed by atoms with Gasteiger partial charge in [0, 0.05) is 25.2 Å². The molecule has 1 N–H and O–H groups in total. The average molecular weight is 266 g/mol. The molecule has 1 aliphatic rings. The van der Waals surface area contributed by atoms with Gasteiger partial charge in [-0.25, -0.2) is 0 Å². The van der Waals surface area contributed by atoms with E-state index in [2.05, 4.69) is 24.1 Å². The minimum Gasteiger partial charge on any atom is -0.478 e. The van der Waals surface area contributed by atoms with Crippen molar-refractivity contribution in [2.24, 2.45) is 0 Å². The van der Waals surface area contributed by atoms with Gasteiger partial charge in [0.05, 0.1) is 12.2 Å². The molecule has 2 heterocycles. The Morgan fingerprint density at radius 3 is 2.79 bits per heavy atom. The van der Waals surface area contributed by atoms with Crippen LogP contribution in [0.1, 0.15) is 20.8 Å². The van der Waals surface area contributed by atoms with Gasteiger partial charge in [-0.1, -0.05) is 6.07 Å². The third kappa shape index (κ3) is 4.36. The van der Waals surface area contributed by atoms with E-state index in [1.54, 1.807) is 0 Å². The minimum absolute atomic E-state index is 0.0429. The molecule has 0 spiro atoms. The summed E-state index contributed by atoms with van der Waals surface area (Å²) < 4.78 is 16.9. The SMILES string of the molecule is CCOc1cccc(OCC2CNCC(C)(C)O2)n1. The fourth-order valence-electron chi connectivity index (χ4n) is 2.04. The van der Waals surface area contributed by atoms with Crippen molar-refractivity contribution in [3.63, 3.8) is 0 Å². The molecule has 0 saturated carbocycles. The van der Waals surface area contributed by atoms with E-state index in [1.807, 2.05) is 25.1 Å². The fraction of sp³-hybridized carbons (Fsp3) is 0.643. The van der Waals surface area contributed by atoms with Crippen molar-refractivity contribution in [1.82, 2.24) is 10.3 Å². The molecule has 1 atom stereocenters. The van der Waals surface area contributed by atoms with Crippen molar-refractivity contribution >= 4 is 0 Å². The Hall–Kier alpha value is -1.33. The molecule has 1 fully saturated rings. The monoisotopic (exact) mass is 266 g/mol. The van der Waals surface area contributed by atoms with E-state index in [9.17, 15) is 0 Å². The Balaban J connectivity index is 1.86. The molecule has 1 aromatic rings. The maximum absolute atomic E-state index is 5.93. The number of hydrogen-bond donors (Lipinski definition) is 1. The van der Waals surface area contributed by atoms with Crippen LogP contribution in [0.5, 0.6) is 11.8 Å². The molecular weight excluding hydrogens is 244 g/mol. The molecule has 0 amide bonds.